The summed E-state index contributed by atoms with van der Waals surface area (Å²) in [6.45, 7) is 2.89. The molecule has 1 aromatic rings. The molecule has 0 saturated carbocycles. The van der Waals surface area contributed by atoms with Crippen molar-refractivity contribution in [1.82, 2.24) is 16.0 Å². The first-order valence-electron chi connectivity index (χ1n) is 7.40. The third-order valence-electron chi connectivity index (χ3n) is 3.42. The first-order valence-corrected chi connectivity index (χ1v) is 7.40. The van der Waals surface area contributed by atoms with Gasteiger partial charge >= 0.3 is 0 Å². The molecule has 1 rings (SSSR count). The average Bonchev–Trinajstić information content (AvgIpc) is 2.55. The molecule has 0 aliphatic heterocycles. The average molecular weight is 310 g/mol. The van der Waals surface area contributed by atoms with Gasteiger partial charge in [0.05, 0.1) is 12.8 Å². The lowest BCUT2D eigenvalue weighted by molar-refractivity contribution is -0.240. The van der Waals surface area contributed by atoms with Crippen LogP contribution in [-0.4, -0.2) is 43.6 Å². The summed E-state index contributed by atoms with van der Waals surface area (Å²) in [4.78, 5) is 16.0. The zero-order valence-corrected chi connectivity index (χ0v) is 13.1. The van der Waals surface area contributed by atoms with E-state index in [1.54, 1.807) is 7.05 Å². The molecular weight excluding hydrogens is 284 g/mol. The molecule has 0 heterocycles. The van der Waals surface area contributed by atoms with Gasteiger partial charge in [0, 0.05) is 13.1 Å². The first-order chi connectivity index (χ1) is 10.6. The van der Waals surface area contributed by atoms with Crippen LogP contribution in [0.5, 0.6) is 0 Å². The summed E-state index contributed by atoms with van der Waals surface area (Å²) in [7, 11) is 1.69. The number of benzene rings is 1. The van der Waals surface area contributed by atoms with Crippen molar-refractivity contribution in [2.24, 2.45) is 5.73 Å². The van der Waals surface area contributed by atoms with E-state index in [0.717, 1.165) is 12.0 Å². The number of nitrogens with two attached hydrogens (primary N) is 1. The number of carbonyl (C=O) groups is 1. The van der Waals surface area contributed by atoms with Crippen molar-refractivity contribution in [3.63, 3.8) is 0 Å². The van der Waals surface area contributed by atoms with Gasteiger partial charge in [-0.25, -0.2) is 4.89 Å². The highest BCUT2D eigenvalue weighted by atomic mass is 17.1. The molecule has 0 fully saturated rings. The van der Waals surface area contributed by atoms with E-state index in [9.17, 15) is 4.79 Å². The molecule has 2 unspecified atom stereocenters. The summed E-state index contributed by atoms with van der Waals surface area (Å²) >= 11 is 0. The van der Waals surface area contributed by atoms with Crippen LogP contribution in [0.25, 0.3) is 0 Å². The summed E-state index contributed by atoms with van der Waals surface area (Å²) in [6, 6.07) is 7.62. The molecule has 1 aromatic carbocycles. The quantitative estimate of drug-likeness (QED) is 0.177. The highest BCUT2D eigenvalue weighted by molar-refractivity contribution is 5.82. The maximum Gasteiger partial charge on any atom is 0.240 e. The lowest BCUT2D eigenvalue weighted by atomic mass is 10.1. The molecule has 0 spiro atoms. The van der Waals surface area contributed by atoms with Crippen molar-refractivity contribution in [1.29, 1.82) is 0 Å². The molecule has 0 bridgehead atoms. The van der Waals surface area contributed by atoms with E-state index in [1.165, 1.54) is 5.56 Å². The molecule has 0 aliphatic rings. The number of nitrogens with one attached hydrogen (secondary N) is 3. The Labute approximate surface area is 131 Å². The smallest absolute Gasteiger partial charge is 0.240 e. The zero-order valence-electron chi connectivity index (χ0n) is 13.1. The lowest BCUT2D eigenvalue weighted by Gasteiger charge is -2.24. The van der Waals surface area contributed by atoms with Crippen LogP contribution in [0.2, 0.25) is 0 Å². The third-order valence-corrected chi connectivity index (χ3v) is 3.42. The Morgan fingerprint density at radius 1 is 1.32 bits per heavy atom. The minimum absolute atomic E-state index is 0.0335. The van der Waals surface area contributed by atoms with Gasteiger partial charge in [0.25, 0.3) is 0 Å². The fourth-order valence-corrected chi connectivity index (χ4v) is 2.00. The number of rotatable bonds is 10. The number of hydrogen-bond donors (Lipinski definition) is 5. The lowest BCUT2D eigenvalue weighted by Crippen LogP contribution is -2.59. The van der Waals surface area contributed by atoms with Crippen LogP contribution in [-0.2, 0) is 22.6 Å². The number of amides is 1. The van der Waals surface area contributed by atoms with Gasteiger partial charge in [0.1, 0.15) is 6.04 Å². The van der Waals surface area contributed by atoms with Gasteiger partial charge in [-0.2, -0.15) is 0 Å². The van der Waals surface area contributed by atoms with Crippen LogP contribution in [0.15, 0.2) is 24.3 Å². The van der Waals surface area contributed by atoms with E-state index >= 15 is 0 Å². The highest BCUT2D eigenvalue weighted by Crippen LogP contribution is 2.05. The van der Waals surface area contributed by atoms with Gasteiger partial charge in [-0.1, -0.05) is 31.2 Å². The van der Waals surface area contributed by atoms with Crippen molar-refractivity contribution < 1.29 is 14.9 Å². The number of aryl methyl sites for hydroxylation is 1. The molecule has 1 amide bonds. The van der Waals surface area contributed by atoms with Crippen molar-refractivity contribution in [2.75, 3.05) is 20.2 Å². The summed E-state index contributed by atoms with van der Waals surface area (Å²) in [5.41, 5.74) is 8.27. The van der Waals surface area contributed by atoms with Gasteiger partial charge in [-0.05, 0) is 24.6 Å². The number of likely N-dealkylation sites (N-methyl/N-ethyl adjacent to an activating group) is 1. The minimum Gasteiger partial charge on any atom is -0.352 e. The van der Waals surface area contributed by atoms with E-state index in [0.29, 0.717) is 6.54 Å². The fourth-order valence-electron chi connectivity index (χ4n) is 2.00. The molecule has 7 heteroatoms. The molecule has 6 N–H and O–H groups in total. The molecule has 0 radical (unpaired) electrons. The van der Waals surface area contributed by atoms with Crippen LogP contribution in [0.1, 0.15) is 18.1 Å². The van der Waals surface area contributed by atoms with Crippen LogP contribution in [0.3, 0.4) is 0 Å². The Kier molecular flexibility index (Phi) is 8.64. The zero-order chi connectivity index (χ0) is 16.4. The van der Waals surface area contributed by atoms with Gasteiger partial charge in [-0.15, -0.1) is 0 Å². The van der Waals surface area contributed by atoms with Gasteiger partial charge in [0.15, 0.2) is 0 Å². The highest BCUT2D eigenvalue weighted by Gasteiger charge is 2.23. The van der Waals surface area contributed by atoms with Crippen molar-refractivity contribution in [3.8, 4) is 0 Å². The normalized spacial score (nSPS) is 13.6. The Morgan fingerprint density at radius 3 is 2.50 bits per heavy atom. The second-order valence-electron chi connectivity index (χ2n) is 4.97. The maximum atomic E-state index is 12.1. The Morgan fingerprint density at radius 2 is 1.95 bits per heavy atom. The molecule has 22 heavy (non-hydrogen) atoms. The molecular formula is C15H26N4O3. The largest absolute Gasteiger partial charge is 0.352 e. The van der Waals surface area contributed by atoms with Crippen LogP contribution < -0.4 is 21.7 Å². The van der Waals surface area contributed by atoms with Crippen molar-refractivity contribution in [2.45, 2.75) is 32.1 Å². The van der Waals surface area contributed by atoms with E-state index in [-0.39, 0.29) is 19.1 Å². The second kappa shape index (κ2) is 10.3. The molecule has 0 aromatic heterocycles. The molecule has 2 atom stereocenters. The van der Waals surface area contributed by atoms with E-state index < -0.39 is 12.2 Å². The standard InChI is InChI=1S/C15H26N4O3/c1-3-11-4-6-12(7-5-11)10-19-13(14(16)17-2)15(20)18-8-9-22-21/h4-7,13-14,17,19,21H,3,8-10,16H2,1-2H3,(H,18,20). The third kappa shape index (κ3) is 6.08. The summed E-state index contributed by atoms with van der Waals surface area (Å²) in [6.07, 6.45) is 0.473. The molecule has 124 valence electrons. The van der Waals surface area contributed by atoms with E-state index in [1.807, 2.05) is 12.1 Å². The van der Waals surface area contributed by atoms with E-state index in [2.05, 4.69) is 39.9 Å². The number of hydrogen-bond acceptors (Lipinski definition) is 6. The summed E-state index contributed by atoms with van der Waals surface area (Å²) < 4.78 is 0. The summed E-state index contributed by atoms with van der Waals surface area (Å²) in [5.74, 6) is -0.246. The first kappa shape index (κ1) is 18.5. The van der Waals surface area contributed by atoms with Crippen molar-refractivity contribution in [3.05, 3.63) is 35.4 Å². The van der Waals surface area contributed by atoms with Crippen LogP contribution in [0, 0.1) is 0 Å². The Bertz CT molecular complexity index is 439. The van der Waals surface area contributed by atoms with Gasteiger partial charge in [-0.3, -0.25) is 15.4 Å². The molecule has 7 nitrogen and oxygen atoms in total. The van der Waals surface area contributed by atoms with E-state index in [4.69, 9.17) is 11.0 Å². The molecule has 0 aliphatic carbocycles. The number of carbonyl (C=O) groups excluding carboxylic acids is 1. The minimum atomic E-state index is -0.588. The van der Waals surface area contributed by atoms with Crippen LogP contribution >= 0.6 is 0 Å². The predicted molar refractivity (Wildman–Crippen MR) is 85.1 cm³/mol. The molecule has 0 saturated heterocycles. The van der Waals surface area contributed by atoms with Crippen molar-refractivity contribution >= 4 is 5.91 Å². The topological polar surface area (TPSA) is 109 Å². The Balaban J connectivity index is 2.58. The van der Waals surface area contributed by atoms with Gasteiger partial charge < -0.3 is 16.4 Å². The monoisotopic (exact) mass is 310 g/mol. The summed E-state index contributed by atoms with van der Waals surface area (Å²) in [5, 5.41) is 16.9. The second-order valence-corrected chi connectivity index (χ2v) is 4.97. The van der Waals surface area contributed by atoms with Gasteiger partial charge in [0.2, 0.25) is 5.91 Å². The fraction of sp³-hybridized carbons (Fsp3) is 0.533. The SMILES string of the molecule is CCc1ccc(CNC(C(=O)NCCOO)C(N)NC)cc1. The maximum absolute atomic E-state index is 12.1. The predicted octanol–water partition coefficient (Wildman–Crippen LogP) is -0.183. The Hall–Kier alpha value is -1.51. The van der Waals surface area contributed by atoms with Crippen LogP contribution in [0.4, 0.5) is 0 Å².